The summed E-state index contributed by atoms with van der Waals surface area (Å²) >= 11 is 0. The fraction of sp³-hybridized carbons (Fsp3) is 0.857. The van der Waals surface area contributed by atoms with Gasteiger partial charge in [-0.25, -0.2) is 8.78 Å². The fourth-order valence-corrected chi connectivity index (χ4v) is 1.33. The number of hydrogen-bond acceptors (Lipinski definition) is 1. The van der Waals surface area contributed by atoms with Gasteiger partial charge in [0.05, 0.1) is 0 Å². The van der Waals surface area contributed by atoms with Crippen molar-refractivity contribution in [3.05, 3.63) is 0 Å². The van der Waals surface area contributed by atoms with E-state index in [1.54, 1.807) is 0 Å². The smallest absolute Gasteiger partial charge is 0.248 e. The van der Waals surface area contributed by atoms with E-state index < -0.39 is 11.8 Å². The molecule has 0 radical (unpaired) electrons. The summed E-state index contributed by atoms with van der Waals surface area (Å²) in [5.41, 5.74) is 0. The molecule has 0 aromatic carbocycles. The van der Waals surface area contributed by atoms with E-state index in [-0.39, 0.29) is 12.8 Å². The molecule has 0 heterocycles. The van der Waals surface area contributed by atoms with Crippen LogP contribution < -0.4 is 0 Å². The average Bonchev–Trinajstić information content (AvgIpc) is 1.86. The van der Waals surface area contributed by atoms with Gasteiger partial charge in [0.15, 0.2) is 0 Å². The van der Waals surface area contributed by atoms with E-state index in [1.807, 2.05) is 0 Å². The van der Waals surface area contributed by atoms with Gasteiger partial charge in [0.1, 0.15) is 6.29 Å². The van der Waals surface area contributed by atoms with Crippen molar-refractivity contribution in [2.45, 2.75) is 31.6 Å². The van der Waals surface area contributed by atoms with Gasteiger partial charge in [-0.05, 0) is 12.8 Å². The third-order valence-corrected chi connectivity index (χ3v) is 1.87. The molecule has 0 aliphatic heterocycles. The number of aldehydes is 1. The molecule has 1 atom stereocenters. The molecule has 10 heavy (non-hydrogen) atoms. The molecule has 3 heteroatoms. The first-order chi connectivity index (χ1) is 4.64. The lowest BCUT2D eigenvalue weighted by molar-refractivity contribution is -0.118. The zero-order valence-electron chi connectivity index (χ0n) is 5.65. The van der Waals surface area contributed by atoms with Gasteiger partial charge in [-0.3, -0.25) is 0 Å². The second-order valence-electron chi connectivity index (χ2n) is 2.85. The molecule has 0 N–H and O–H groups in total. The molecule has 58 valence electrons. The third-order valence-electron chi connectivity index (χ3n) is 1.87. The Morgan fingerprint density at radius 1 is 1.50 bits per heavy atom. The molecule has 1 saturated carbocycles. The summed E-state index contributed by atoms with van der Waals surface area (Å²) in [7, 11) is 0. The van der Waals surface area contributed by atoms with Crippen molar-refractivity contribution in [1.82, 2.24) is 0 Å². The topological polar surface area (TPSA) is 17.1 Å². The van der Waals surface area contributed by atoms with Crippen LogP contribution in [0.5, 0.6) is 0 Å². The van der Waals surface area contributed by atoms with Gasteiger partial charge in [0, 0.05) is 18.8 Å². The third kappa shape index (κ3) is 1.75. The van der Waals surface area contributed by atoms with E-state index in [2.05, 4.69) is 0 Å². The van der Waals surface area contributed by atoms with Crippen LogP contribution >= 0.6 is 0 Å². The quantitative estimate of drug-likeness (QED) is 0.520. The number of alkyl halides is 2. The molecule has 0 amide bonds. The molecule has 1 aliphatic carbocycles. The largest absolute Gasteiger partial charge is 0.303 e. The van der Waals surface area contributed by atoms with Crippen molar-refractivity contribution >= 4 is 6.29 Å². The Morgan fingerprint density at radius 2 is 2.20 bits per heavy atom. The van der Waals surface area contributed by atoms with Crippen LogP contribution in [0.15, 0.2) is 0 Å². The van der Waals surface area contributed by atoms with Gasteiger partial charge in [-0.1, -0.05) is 0 Å². The SMILES string of the molecule is O=C[C@@H]1CCCC(F)(F)C1. The van der Waals surface area contributed by atoms with Gasteiger partial charge >= 0.3 is 0 Å². The van der Waals surface area contributed by atoms with Gasteiger partial charge < -0.3 is 4.79 Å². The highest BCUT2D eigenvalue weighted by Gasteiger charge is 2.35. The van der Waals surface area contributed by atoms with E-state index >= 15 is 0 Å². The number of carbonyl (C=O) groups excluding carboxylic acids is 1. The molecular formula is C7H10F2O. The van der Waals surface area contributed by atoms with Crippen LogP contribution in [0.25, 0.3) is 0 Å². The zero-order valence-corrected chi connectivity index (χ0v) is 5.65. The van der Waals surface area contributed by atoms with Gasteiger partial charge in [0.25, 0.3) is 0 Å². The Bertz CT molecular complexity index is 134. The molecule has 0 unspecified atom stereocenters. The summed E-state index contributed by atoms with van der Waals surface area (Å²) in [4.78, 5) is 10.1. The van der Waals surface area contributed by atoms with Crippen LogP contribution in [0.1, 0.15) is 25.7 Å². The summed E-state index contributed by atoms with van der Waals surface area (Å²) in [6.45, 7) is 0. The molecule has 0 spiro atoms. The number of rotatable bonds is 1. The van der Waals surface area contributed by atoms with Crippen LogP contribution in [0.4, 0.5) is 8.78 Å². The first-order valence-electron chi connectivity index (χ1n) is 3.47. The highest BCUT2D eigenvalue weighted by Crippen LogP contribution is 2.35. The summed E-state index contributed by atoms with van der Waals surface area (Å²) < 4.78 is 25.0. The Kier molecular flexibility index (Phi) is 2.02. The number of halogens is 2. The van der Waals surface area contributed by atoms with E-state index in [4.69, 9.17) is 0 Å². The predicted molar refractivity (Wildman–Crippen MR) is 33.0 cm³/mol. The minimum Gasteiger partial charge on any atom is -0.303 e. The van der Waals surface area contributed by atoms with Gasteiger partial charge in [-0.15, -0.1) is 0 Å². The molecule has 1 nitrogen and oxygen atoms in total. The highest BCUT2D eigenvalue weighted by atomic mass is 19.3. The Balaban J connectivity index is 2.47. The molecule has 0 saturated heterocycles. The first kappa shape index (κ1) is 7.63. The van der Waals surface area contributed by atoms with Crippen molar-refractivity contribution in [2.24, 2.45) is 5.92 Å². The standard InChI is InChI=1S/C7H10F2O/c8-7(9)3-1-2-6(4-7)5-10/h5-6H,1-4H2/t6-/m1/s1. The second-order valence-corrected chi connectivity index (χ2v) is 2.85. The molecule has 1 rings (SSSR count). The molecule has 0 aromatic heterocycles. The lowest BCUT2D eigenvalue weighted by Crippen LogP contribution is -2.26. The van der Waals surface area contributed by atoms with Crippen LogP contribution in [0, 0.1) is 5.92 Å². The number of carbonyl (C=O) groups is 1. The highest BCUT2D eigenvalue weighted by molar-refractivity contribution is 5.53. The van der Waals surface area contributed by atoms with Crippen LogP contribution in [0.2, 0.25) is 0 Å². The van der Waals surface area contributed by atoms with E-state index in [9.17, 15) is 13.6 Å². The monoisotopic (exact) mass is 148 g/mol. The molecule has 0 bridgehead atoms. The maximum absolute atomic E-state index is 12.5. The lowest BCUT2D eigenvalue weighted by Gasteiger charge is -2.24. The second kappa shape index (κ2) is 2.64. The van der Waals surface area contributed by atoms with Crippen LogP contribution in [-0.4, -0.2) is 12.2 Å². The summed E-state index contributed by atoms with van der Waals surface area (Å²) in [6.07, 6.45) is 1.48. The normalized spacial score (nSPS) is 31.6. The Hall–Kier alpha value is -0.470. The van der Waals surface area contributed by atoms with Gasteiger partial charge in [-0.2, -0.15) is 0 Å². The molecule has 1 fully saturated rings. The van der Waals surface area contributed by atoms with E-state index in [0.29, 0.717) is 19.1 Å². The van der Waals surface area contributed by atoms with Crippen molar-refractivity contribution in [1.29, 1.82) is 0 Å². The fourth-order valence-electron chi connectivity index (χ4n) is 1.33. The maximum Gasteiger partial charge on any atom is 0.248 e. The first-order valence-corrected chi connectivity index (χ1v) is 3.47. The number of hydrogen-bond donors (Lipinski definition) is 0. The van der Waals surface area contributed by atoms with Gasteiger partial charge in [0.2, 0.25) is 5.92 Å². The zero-order chi connectivity index (χ0) is 7.61. The average molecular weight is 148 g/mol. The Labute approximate surface area is 58.4 Å². The molecule has 0 aromatic rings. The Morgan fingerprint density at radius 3 is 2.60 bits per heavy atom. The summed E-state index contributed by atoms with van der Waals surface area (Å²) in [5, 5.41) is 0. The van der Waals surface area contributed by atoms with E-state index in [1.165, 1.54) is 0 Å². The summed E-state index contributed by atoms with van der Waals surface area (Å²) in [6, 6.07) is 0. The van der Waals surface area contributed by atoms with Crippen molar-refractivity contribution in [3.8, 4) is 0 Å². The minimum absolute atomic E-state index is 0.0443. The molecular weight excluding hydrogens is 138 g/mol. The van der Waals surface area contributed by atoms with Crippen LogP contribution in [0.3, 0.4) is 0 Å². The summed E-state index contributed by atoms with van der Waals surface area (Å²) in [5.74, 6) is -2.98. The molecule has 1 aliphatic rings. The van der Waals surface area contributed by atoms with Crippen molar-refractivity contribution in [3.63, 3.8) is 0 Å². The van der Waals surface area contributed by atoms with E-state index in [0.717, 1.165) is 0 Å². The van der Waals surface area contributed by atoms with Crippen molar-refractivity contribution in [2.75, 3.05) is 0 Å². The van der Waals surface area contributed by atoms with Crippen LogP contribution in [-0.2, 0) is 4.79 Å². The predicted octanol–water partition coefficient (Wildman–Crippen LogP) is 2.01. The lowest BCUT2D eigenvalue weighted by atomic mass is 9.88. The maximum atomic E-state index is 12.5. The minimum atomic E-state index is -2.58. The van der Waals surface area contributed by atoms with Crippen molar-refractivity contribution < 1.29 is 13.6 Å².